The number of nitrogens with zero attached hydrogens (tertiary/aromatic N) is 1. The quantitative estimate of drug-likeness (QED) is 0.467. The van der Waals surface area contributed by atoms with Crippen LogP contribution in [0.15, 0.2) is 18.2 Å². The second-order valence-corrected chi connectivity index (χ2v) is 3.30. The number of carbonyl (C=O) groups is 1. The van der Waals surface area contributed by atoms with E-state index in [-0.39, 0.29) is 23.8 Å². The molecular weight excluding hydrogens is 198 g/mol. The first kappa shape index (κ1) is 11.2. The van der Waals surface area contributed by atoms with E-state index in [1.165, 1.54) is 18.2 Å². The fourth-order valence-electron chi connectivity index (χ4n) is 1.32. The van der Waals surface area contributed by atoms with Crippen molar-refractivity contribution >= 4 is 12.0 Å². The molecule has 0 radical (unpaired) electrons. The van der Waals surface area contributed by atoms with Crippen LogP contribution in [0.25, 0.3) is 0 Å². The lowest BCUT2D eigenvalue weighted by Gasteiger charge is -2.09. The zero-order valence-corrected chi connectivity index (χ0v) is 8.21. The molecule has 0 aliphatic rings. The maximum Gasteiger partial charge on any atom is 0.269 e. The number of rotatable bonds is 4. The summed E-state index contributed by atoms with van der Waals surface area (Å²) in [6.45, 7) is 1.73. The summed E-state index contributed by atoms with van der Waals surface area (Å²) in [6.07, 6.45) is 0.956. The van der Waals surface area contributed by atoms with Gasteiger partial charge in [0.25, 0.3) is 5.69 Å². The van der Waals surface area contributed by atoms with Crippen molar-refractivity contribution in [3.8, 4) is 5.75 Å². The van der Waals surface area contributed by atoms with Gasteiger partial charge in [0, 0.05) is 24.1 Å². The van der Waals surface area contributed by atoms with E-state index >= 15 is 0 Å². The zero-order chi connectivity index (χ0) is 11.4. The number of phenols is 1. The van der Waals surface area contributed by atoms with Crippen molar-refractivity contribution in [2.75, 3.05) is 0 Å². The van der Waals surface area contributed by atoms with Crippen LogP contribution >= 0.6 is 0 Å². The van der Waals surface area contributed by atoms with Crippen LogP contribution in [-0.2, 0) is 4.79 Å². The summed E-state index contributed by atoms with van der Waals surface area (Å²) in [5.41, 5.74) is 0.344. The highest BCUT2D eigenvalue weighted by atomic mass is 16.6. The standard InChI is InChI=1S/C10H11NO4/c1-7(4-5-12)9-6-8(11(14)15)2-3-10(9)13/h2-3,5-7,13H,4H2,1H3. The topological polar surface area (TPSA) is 80.4 Å². The Labute approximate surface area is 86.5 Å². The number of aromatic hydroxyl groups is 1. The van der Waals surface area contributed by atoms with E-state index in [9.17, 15) is 20.0 Å². The predicted molar refractivity (Wildman–Crippen MR) is 53.9 cm³/mol. The highest BCUT2D eigenvalue weighted by molar-refractivity contribution is 5.53. The van der Waals surface area contributed by atoms with Crippen LogP contribution in [0.1, 0.15) is 24.8 Å². The molecule has 5 heteroatoms. The molecule has 0 aromatic heterocycles. The highest BCUT2D eigenvalue weighted by Crippen LogP contribution is 2.30. The van der Waals surface area contributed by atoms with E-state index in [2.05, 4.69) is 0 Å². The average Bonchev–Trinajstić information content (AvgIpc) is 2.18. The van der Waals surface area contributed by atoms with Crippen LogP contribution in [0, 0.1) is 10.1 Å². The summed E-state index contributed by atoms with van der Waals surface area (Å²) in [7, 11) is 0. The van der Waals surface area contributed by atoms with E-state index in [4.69, 9.17) is 0 Å². The normalized spacial score (nSPS) is 12.1. The molecule has 0 heterocycles. The molecule has 0 aliphatic carbocycles. The Morgan fingerprint density at radius 1 is 1.60 bits per heavy atom. The van der Waals surface area contributed by atoms with Crippen molar-refractivity contribution < 1.29 is 14.8 Å². The van der Waals surface area contributed by atoms with Gasteiger partial charge in [0.2, 0.25) is 0 Å². The molecule has 80 valence electrons. The van der Waals surface area contributed by atoms with E-state index in [1.54, 1.807) is 6.92 Å². The van der Waals surface area contributed by atoms with Gasteiger partial charge in [0.15, 0.2) is 0 Å². The fourth-order valence-corrected chi connectivity index (χ4v) is 1.32. The summed E-state index contributed by atoms with van der Waals surface area (Å²) >= 11 is 0. The first-order chi connectivity index (χ1) is 7.06. The number of benzene rings is 1. The monoisotopic (exact) mass is 209 g/mol. The minimum absolute atomic E-state index is 0.0186. The van der Waals surface area contributed by atoms with Crippen LogP contribution in [0.2, 0.25) is 0 Å². The summed E-state index contributed by atoms with van der Waals surface area (Å²) in [4.78, 5) is 20.3. The minimum atomic E-state index is -0.531. The van der Waals surface area contributed by atoms with Crippen molar-refractivity contribution in [3.63, 3.8) is 0 Å². The molecular formula is C10H11NO4. The Morgan fingerprint density at radius 2 is 2.27 bits per heavy atom. The number of hydrogen-bond acceptors (Lipinski definition) is 4. The molecule has 0 fully saturated rings. The van der Waals surface area contributed by atoms with Crippen LogP contribution in [-0.4, -0.2) is 16.3 Å². The molecule has 0 bridgehead atoms. The molecule has 0 saturated heterocycles. The molecule has 1 unspecified atom stereocenters. The molecule has 0 aliphatic heterocycles. The van der Waals surface area contributed by atoms with E-state index in [1.807, 2.05) is 0 Å². The van der Waals surface area contributed by atoms with Gasteiger partial charge in [-0.3, -0.25) is 10.1 Å². The number of non-ortho nitro benzene ring substituents is 1. The van der Waals surface area contributed by atoms with Crippen LogP contribution in [0.4, 0.5) is 5.69 Å². The lowest BCUT2D eigenvalue weighted by atomic mass is 9.97. The Hall–Kier alpha value is -1.91. The summed E-state index contributed by atoms with van der Waals surface area (Å²) < 4.78 is 0. The molecule has 0 spiro atoms. The lowest BCUT2D eigenvalue weighted by Crippen LogP contribution is -1.97. The molecule has 5 nitrogen and oxygen atoms in total. The largest absolute Gasteiger partial charge is 0.508 e. The molecule has 1 aromatic rings. The predicted octanol–water partition coefficient (Wildman–Crippen LogP) is 1.99. The van der Waals surface area contributed by atoms with Crippen LogP contribution in [0.5, 0.6) is 5.75 Å². The minimum Gasteiger partial charge on any atom is -0.508 e. The Bertz CT molecular complexity index is 389. The van der Waals surface area contributed by atoms with Crippen molar-refractivity contribution in [2.45, 2.75) is 19.3 Å². The number of phenolic OH excluding ortho intramolecular Hbond substituents is 1. The van der Waals surface area contributed by atoms with Crippen LogP contribution < -0.4 is 0 Å². The van der Waals surface area contributed by atoms with Gasteiger partial charge >= 0.3 is 0 Å². The van der Waals surface area contributed by atoms with E-state index < -0.39 is 4.92 Å². The first-order valence-electron chi connectivity index (χ1n) is 4.47. The fraction of sp³-hybridized carbons (Fsp3) is 0.300. The third kappa shape index (κ3) is 2.52. The first-order valence-corrected chi connectivity index (χ1v) is 4.47. The SMILES string of the molecule is CC(CC=O)c1cc([N+](=O)[O-])ccc1O. The van der Waals surface area contributed by atoms with E-state index in [0.717, 1.165) is 6.29 Å². The molecule has 1 atom stereocenters. The van der Waals surface area contributed by atoms with Gasteiger partial charge in [-0.1, -0.05) is 6.92 Å². The number of nitro benzene ring substituents is 1. The molecule has 1 aromatic carbocycles. The molecule has 15 heavy (non-hydrogen) atoms. The van der Waals surface area contributed by atoms with Gasteiger partial charge < -0.3 is 9.90 Å². The maximum absolute atomic E-state index is 10.5. The summed E-state index contributed by atoms with van der Waals surface area (Å²) in [5, 5.41) is 20.0. The number of aldehydes is 1. The van der Waals surface area contributed by atoms with Gasteiger partial charge in [0.1, 0.15) is 12.0 Å². The lowest BCUT2D eigenvalue weighted by molar-refractivity contribution is -0.385. The Balaban J connectivity index is 3.09. The van der Waals surface area contributed by atoms with Gasteiger partial charge in [-0.15, -0.1) is 0 Å². The Kier molecular flexibility index (Phi) is 3.38. The highest BCUT2D eigenvalue weighted by Gasteiger charge is 2.14. The zero-order valence-electron chi connectivity index (χ0n) is 8.21. The second kappa shape index (κ2) is 4.54. The Morgan fingerprint density at radius 3 is 2.80 bits per heavy atom. The smallest absolute Gasteiger partial charge is 0.269 e. The van der Waals surface area contributed by atoms with Crippen molar-refractivity contribution in [1.29, 1.82) is 0 Å². The van der Waals surface area contributed by atoms with Gasteiger partial charge in [-0.25, -0.2) is 0 Å². The third-order valence-electron chi connectivity index (χ3n) is 2.20. The molecule has 0 amide bonds. The number of nitro groups is 1. The summed E-state index contributed by atoms with van der Waals surface area (Å²) in [5.74, 6) is -0.239. The number of hydrogen-bond donors (Lipinski definition) is 1. The van der Waals surface area contributed by atoms with Crippen molar-refractivity contribution in [1.82, 2.24) is 0 Å². The average molecular weight is 209 g/mol. The van der Waals surface area contributed by atoms with Gasteiger partial charge in [-0.05, 0) is 12.0 Å². The maximum atomic E-state index is 10.5. The van der Waals surface area contributed by atoms with Crippen molar-refractivity contribution in [2.24, 2.45) is 0 Å². The number of carbonyl (C=O) groups excluding carboxylic acids is 1. The van der Waals surface area contributed by atoms with Crippen molar-refractivity contribution in [3.05, 3.63) is 33.9 Å². The molecule has 1 N–H and O–H groups in total. The van der Waals surface area contributed by atoms with Gasteiger partial charge in [0.05, 0.1) is 4.92 Å². The molecule has 1 rings (SSSR count). The summed E-state index contributed by atoms with van der Waals surface area (Å²) in [6, 6.07) is 3.80. The molecule has 0 saturated carbocycles. The third-order valence-corrected chi connectivity index (χ3v) is 2.20. The van der Waals surface area contributed by atoms with Crippen LogP contribution in [0.3, 0.4) is 0 Å². The van der Waals surface area contributed by atoms with E-state index in [0.29, 0.717) is 5.56 Å². The van der Waals surface area contributed by atoms with Gasteiger partial charge in [-0.2, -0.15) is 0 Å². The second-order valence-electron chi connectivity index (χ2n) is 3.30.